The average molecular weight is 252 g/mol. The van der Waals surface area contributed by atoms with Crippen LogP contribution in [0.2, 0.25) is 0 Å². The van der Waals surface area contributed by atoms with E-state index in [-0.39, 0.29) is 12.5 Å². The van der Waals surface area contributed by atoms with Crippen molar-refractivity contribution in [3.63, 3.8) is 0 Å². The van der Waals surface area contributed by atoms with Crippen molar-refractivity contribution in [3.8, 4) is 0 Å². The van der Waals surface area contributed by atoms with Crippen LogP contribution in [0.1, 0.15) is 29.8 Å². The van der Waals surface area contributed by atoms with Crippen molar-refractivity contribution in [2.45, 2.75) is 19.3 Å². The Morgan fingerprint density at radius 3 is 2.78 bits per heavy atom. The Bertz CT molecular complexity index is 367. The van der Waals surface area contributed by atoms with Gasteiger partial charge in [-0.05, 0) is 31.4 Å². The fraction of sp³-hybridized carbons (Fsp3) is 0.500. The molecule has 1 aromatic heterocycles. The smallest absolute Gasteiger partial charge is 0.272 e. The van der Waals surface area contributed by atoms with E-state index in [0.29, 0.717) is 17.9 Å². The number of nitrogens with two attached hydrogens (primary N) is 1. The molecule has 0 saturated carbocycles. The maximum Gasteiger partial charge on any atom is 0.272 e. The Hall–Kier alpha value is -1.66. The summed E-state index contributed by atoms with van der Waals surface area (Å²) in [6.07, 6.45) is 4.09. The van der Waals surface area contributed by atoms with Gasteiger partial charge in [-0.15, -0.1) is 0 Å². The molecule has 0 atom stereocenters. The van der Waals surface area contributed by atoms with Crippen molar-refractivity contribution in [2.75, 3.05) is 25.6 Å². The van der Waals surface area contributed by atoms with Crippen LogP contribution < -0.4 is 11.3 Å². The number of carbonyl (C=O) groups excluding carboxylic acids is 1. The highest BCUT2D eigenvalue weighted by atomic mass is 16.2. The number of carbonyl (C=O) groups is 1. The molecule has 0 radical (unpaired) electrons. The third-order valence-corrected chi connectivity index (χ3v) is 2.65. The lowest BCUT2D eigenvalue weighted by Gasteiger charge is -2.16. The van der Waals surface area contributed by atoms with E-state index in [0.717, 1.165) is 19.3 Å². The predicted octanol–water partition coefficient (Wildman–Crippen LogP) is 0.602. The number of aromatic nitrogens is 1. The molecule has 0 aliphatic heterocycles. The Kier molecular flexibility index (Phi) is 6.10. The van der Waals surface area contributed by atoms with E-state index in [1.807, 2.05) is 0 Å². The molecule has 0 unspecified atom stereocenters. The number of nitrogens with one attached hydrogen (secondary N) is 1. The minimum atomic E-state index is -0.109. The van der Waals surface area contributed by atoms with E-state index < -0.39 is 0 Å². The number of nitrogens with zero attached hydrogens (tertiary/aromatic N) is 2. The van der Waals surface area contributed by atoms with Crippen LogP contribution in [0.5, 0.6) is 0 Å². The van der Waals surface area contributed by atoms with Crippen LogP contribution in [0, 0.1) is 0 Å². The number of nitrogen functional groups attached to an aromatic ring is 1. The molecule has 0 saturated heterocycles. The molecule has 0 bridgehead atoms. The Labute approximate surface area is 107 Å². The molecule has 1 rings (SSSR count). The normalized spacial score (nSPS) is 10.2. The first kappa shape index (κ1) is 14.4. The van der Waals surface area contributed by atoms with Gasteiger partial charge in [0.2, 0.25) is 0 Å². The number of hydrogen-bond acceptors (Lipinski definition) is 5. The standard InChI is InChI=1S/C12H20N4O2/c1-16(7-3-2-4-8-17)12(18)11-6-5-10(15-13)9-14-11/h5-6,9,15,17H,2-4,7-8,13H2,1H3. The van der Waals surface area contributed by atoms with E-state index in [1.54, 1.807) is 24.1 Å². The molecule has 1 aromatic rings. The van der Waals surface area contributed by atoms with Crippen molar-refractivity contribution >= 4 is 11.6 Å². The predicted molar refractivity (Wildman–Crippen MR) is 69.9 cm³/mol. The van der Waals surface area contributed by atoms with E-state index >= 15 is 0 Å². The first-order chi connectivity index (χ1) is 8.69. The number of amides is 1. The highest BCUT2D eigenvalue weighted by molar-refractivity contribution is 5.92. The van der Waals surface area contributed by atoms with Gasteiger partial charge in [0, 0.05) is 20.2 Å². The van der Waals surface area contributed by atoms with Gasteiger partial charge in [-0.1, -0.05) is 0 Å². The summed E-state index contributed by atoms with van der Waals surface area (Å²) >= 11 is 0. The van der Waals surface area contributed by atoms with E-state index in [1.165, 1.54) is 6.20 Å². The van der Waals surface area contributed by atoms with E-state index in [2.05, 4.69) is 10.4 Å². The Morgan fingerprint density at radius 1 is 1.44 bits per heavy atom. The summed E-state index contributed by atoms with van der Waals surface area (Å²) in [6.45, 7) is 0.865. The minimum absolute atomic E-state index is 0.109. The van der Waals surface area contributed by atoms with Gasteiger partial charge in [0.25, 0.3) is 5.91 Å². The minimum Gasteiger partial charge on any atom is -0.396 e. The number of unbranched alkanes of at least 4 members (excludes halogenated alkanes) is 2. The van der Waals surface area contributed by atoms with Gasteiger partial charge < -0.3 is 15.4 Å². The van der Waals surface area contributed by atoms with Crippen LogP contribution in [0.25, 0.3) is 0 Å². The second-order valence-electron chi connectivity index (χ2n) is 4.09. The number of hydrazine groups is 1. The van der Waals surface area contributed by atoms with Crippen LogP contribution in [-0.2, 0) is 0 Å². The molecule has 18 heavy (non-hydrogen) atoms. The zero-order chi connectivity index (χ0) is 13.4. The zero-order valence-electron chi connectivity index (χ0n) is 10.6. The van der Waals surface area contributed by atoms with Gasteiger partial charge in [-0.3, -0.25) is 10.6 Å². The maximum absolute atomic E-state index is 12.0. The number of anilines is 1. The van der Waals surface area contributed by atoms with Crippen molar-refractivity contribution in [3.05, 3.63) is 24.0 Å². The number of rotatable bonds is 7. The van der Waals surface area contributed by atoms with Gasteiger partial charge in [-0.25, -0.2) is 4.98 Å². The molecule has 0 aromatic carbocycles. The van der Waals surface area contributed by atoms with Crippen LogP contribution in [0.3, 0.4) is 0 Å². The number of aliphatic hydroxyl groups is 1. The lowest BCUT2D eigenvalue weighted by molar-refractivity contribution is 0.0786. The summed E-state index contributed by atoms with van der Waals surface area (Å²) in [5.74, 6) is 5.12. The Morgan fingerprint density at radius 2 is 2.22 bits per heavy atom. The summed E-state index contributed by atoms with van der Waals surface area (Å²) in [7, 11) is 1.75. The van der Waals surface area contributed by atoms with Gasteiger partial charge in [0.15, 0.2) is 0 Å². The van der Waals surface area contributed by atoms with Crippen LogP contribution in [-0.4, -0.2) is 41.1 Å². The van der Waals surface area contributed by atoms with Gasteiger partial charge in [0.1, 0.15) is 5.69 Å². The summed E-state index contributed by atoms with van der Waals surface area (Å²) < 4.78 is 0. The highest BCUT2D eigenvalue weighted by Crippen LogP contribution is 2.07. The third-order valence-electron chi connectivity index (χ3n) is 2.65. The zero-order valence-corrected chi connectivity index (χ0v) is 10.6. The van der Waals surface area contributed by atoms with Gasteiger partial charge in [0.05, 0.1) is 11.9 Å². The SMILES string of the molecule is CN(CCCCCO)C(=O)c1ccc(NN)cn1. The van der Waals surface area contributed by atoms with Crippen molar-refractivity contribution in [2.24, 2.45) is 5.84 Å². The van der Waals surface area contributed by atoms with Crippen molar-refractivity contribution in [1.82, 2.24) is 9.88 Å². The summed E-state index contributed by atoms with van der Waals surface area (Å²) in [5, 5.41) is 8.66. The second kappa shape index (κ2) is 7.62. The quantitative estimate of drug-likeness (QED) is 0.375. The largest absolute Gasteiger partial charge is 0.396 e. The molecule has 6 nitrogen and oxygen atoms in total. The first-order valence-electron chi connectivity index (χ1n) is 5.98. The maximum atomic E-state index is 12.0. The summed E-state index contributed by atoms with van der Waals surface area (Å²) in [5.41, 5.74) is 3.53. The number of aliphatic hydroxyl groups excluding tert-OH is 1. The second-order valence-corrected chi connectivity index (χ2v) is 4.09. The molecule has 4 N–H and O–H groups in total. The fourth-order valence-corrected chi connectivity index (χ4v) is 1.54. The molecule has 1 heterocycles. The van der Waals surface area contributed by atoms with Crippen LogP contribution in [0.15, 0.2) is 18.3 Å². The van der Waals surface area contributed by atoms with Crippen molar-refractivity contribution in [1.29, 1.82) is 0 Å². The molecule has 0 fully saturated rings. The van der Waals surface area contributed by atoms with Crippen LogP contribution in [0.4, 0.5) is 5.69 Å². The molecular weight excluding hydrogens is 232 g/mol. The van der Waals surface area contributed by atoms with Crippen molar-refractivity contribution < 1.29 is 9.90 Å². The molecule has 6 heteroatoms. The van der Waals surface area contributed by atoms with E-state index in [4.69, 9.17) is 10.9 Å². The van der Waals surface area contributed by atoms with Gasteiger partial charge >= 0.3 is 0 Å². The lowest BCUT2D eigenvalue weighted by atomic mass is 10.2. The summed E-state index contributed by atoms with van der Waals surface area (Å²) in [6, 6.07) is 3.35. The molecule has 100 valence electrons. The lowest BCUT2D eigenvalue weighted by Crippen LogP contribution is -2.28. The summed E-state index contributed by atoms with van der Waals surface area (Å²) in [4.78, 5) is 17.6. The number of pyridine rings is 1. The number of hydrogen-bond donors (Lipinski definition) is 3. The topological polar surface area (TPSA) is 91.5 Å². The first-order valence-corrected chi connectivity index (χ1v) is 5.98. The average Bonchev–Trinajstić information content (AvgIpc) is 2.42. The monoisotopic (exact) mass is 252 g/mol. The molecule has 0 spiro atoms. The van der Waals surface area contributed by atoms with Gasteiger partial charge in [-0.2, -0.15) is 0 Å². The molecule has 1 amide bonds. The van der Waals surface area contributed by atoms with E-state index in [9.17, 15) is 4.79 Å². The third kappa shape index (κ3) is 4.31. The Balaban J connectivity index is 2.46. The fourth-order valence-electron chi connectivity index (χ4n) is 1.54. The molecule has 0 aliphatic carbocycles. The molecule has 0 aliphatic rings. The molecular formula is C12H20N4O2. The van der Waals surface area contributed by atoms with Crippen LogP contribution >= 0.6 is 0 Å². The highest BCUT2D eigenvalue weighted by Gasteiger charge is 2.12.